The summed E-state index contributed by atoms with van der Waals surface area (Å²) < 4.78 is 7.07. The topological polar surface area (TPSA) is 81.0 Å². The number of nitrogens with one attached hydrogen (secondary N) is 1. The van der Waals surface area contributed by atoms with Crippen LogP contribution in [0.25, 0.3) is 5.95 Å². The van der Waals surface area contributed by atoms with Crippen molar-refractivity contribution in [2.45, 2.75) is 13.0 Å². The summed E-state index contributed by atoms with van der Waals surface area (Å²) in [5.41, 5.74) is 0. The van der Waals surface area contributed by atoms with E-state index in [-0.39, 0.29) is 6.04 Å². The maximum Gasteiger partial charge on any atom is 0.257 e. The standard InChI is InChI=1S/C12H17N7O/c1-9-8-20-7-6-18(9)11-15-10(13-2)16-12(17-11)19-5-3-4-14-19/h3-5,9H,6-8H2,1-2H3,(H,13,15,16,17). The normalized spacial score (nSPS) is 19.1. The van der Waals surface area contributed by atoms with Crippen molar-refractivity contribution in [1.29, 1.82) is 0 Å². The largest absolute Gasteiger partial charge is 0.377 e. The van der Waals surface area contributed by atoms with Crippen LogP contribution < -0.4 is 10.2 Å². The maximum atomic E-state index is 5.45. The van der Waals surface area contributed by atoms with E-state index in [1.54, 1.807) is 24.1 Å². The first-order valence-corrected chi connectivity index (χ1v) is 6.56. The van der Waals surface area contributed by atoms with Gasteiger partial charge in [-0.2, -0.15) is 20.1 Å². The lowest BCUT2D eigenvalue weighted by atomic mass is 10.3. The van der Waals surface area contributed by atoms with Gasteiger partial charge in [0, 0.05) is 26.0 Å². The van der Waals surface area contributed by atoms with Crippen LogP contribution in [0.2, 0.25) is 0 Å². The van der Waals surface area contributed by atoms with Crippen LogP contribution in [0.1, 0.15) is 6.92 Å². The van der Waals surface area contributed by atoms with Crippen molar-refractivity contribution in [2.75, 3.05) is 37.0 Å². The lowest BCUT2D eigenvalue weighted by Crippen LogP contribution is -2.44. The minimum atomic E-state index is 0.237. The highest BCUT2D eigenvalue weighted by molar-refractivity contribution is 5.40. The molecule has 20 heavy (non-hydrogen) atoms. The second kappa shape index (κ2) is 5.41. The summed E-state index contributed by atoms with van der Waals surface area (Å²) in [7, 11) is 1.79. The Balaban J connectivity index is 1.99. The van der Waals surface area contributed by atoms with E-state index in [4.69, 9.17) is 4.74 Å². The summed E-state index contributed by atoms with van der Waals surface area (Å²) in [6, 6.07) is 2.07. The van der Waals surface area contributed by atoms with Crippen molar-refractivity contribution in [1.82, 2.24) is 24.7 Å². The molecule has 0 aliphatic carbocycles. The second-order valence-electron chi connectivity index (χ2n) is 4.58. The van der Waals surface area contributed by atoms with Crippen LogP contribution in [-0.2, 0) is 4.74 Å². The zero-order chi connectivity index (χ0) is 13.9. The van der Waals surface area contributed by atoms with E-state index in [9.17, 15) is 0 Å². The van der Waals surface area contributed by atoms with Gasteiger partial charge in [-0.05, 0) is 13.0 Å². The molecule has 0 spiro atoms. The summed E-state index contributed by atoms with van der Waals surface area (Å²) in [6.07, 6.45) is 3.50. The van der Waals surface area contributed by atoms with E-state index in [1.807, 2.05) is 6.07 Å². The van der Waals surface area contributed by atoms with Crippen molar-refractivity contribution in [3.63, 3.8) is 0 Å². The molecule has 1 N–H and O–H groups in total. The van der Waals surface area contributed by atoms with Crippen LogP contribution in [0.3, 0.4) is 0 Å². The van der Waals surface area contributed by atoms with E-state index in [0.29, 0.717) is 31.1 Å². The molecule has 0 bridgehead atoms. The van der Waals surface area contributed by atoms with Gasteiger partial charge in [0.15, 0.2) is 0 Å². The molecule has 1 unspecified atom stereocenters. The van der Waals surface area contributed by atoms with Gasteiger partial charge in [-0.25, -0.2) is 4.68 Å². The molecule has 2 aromatic rings. The Kier molecular flexibility index (Phi) is 3.46. The summed E-state index contributed by atoms with van der Waals surface area (Å²) in [5, 5.41) is 7.12. The van der Waals surface area contributed by atoms with E-state index >= 15 is 0 Å². The molecular weight excluding hydrogens is 258 g/mol. The monoisotopic (exact) mass is 275 g/mol. The predicted molar refractivity (Wildman–Crippen MR) is 74.1 cm³/mol. The SMILES string of the molecule is CNc1nc(N2CCOCC2C)nc(-n2cccn2)n1. The van der Waals surface area contributed by atoms with E-state index in [1.165, 1.54) is 0 Å². The number of anilines is 2. The molecule has 8 nitrogen and oxygen atoms in total. The molecule has 1 aliphatic rings. The molecule has 0 saturated carbocycles. The van der Waals surface area contributed by atoms with Crippen LogP contribution in [0.4, 0.5) is 11.9 Å². The zero-order valence-electron chi connectivity index (χ0n) is 11.5. The van der Waals surface area contributed by atoms with E-state index in [2.05, 4.69) is 37.2 Å². The molecule has 8 heteroatoms. The number of hydrogen-bond donors (Lipinski definition) is 1. The molecule has 1 saturated heterocycles. The van der Waals surface area contributed by atoms with Gasteiger partial charge in [0.05, 0.1) is 19.3 Å². The maximum absolute atomic E-state index is 5.45. The van der Waals surface area contributed by atoms with Crippen molar-refractivity contribution in [2.24, 2.45) is 0 Å². The highest BCUT2D eigenvalue weighted by Crippen LogP contribution is 2.17. The minimum absolute atomic E-state index is 0.237. The van der Waals surface area contributed by atoms with E-state index in [0.717, 1.165) is 6.54 Å². The Bertz CT molecular complexity index is 571. The quantitative estimate of drug-likeness (QED) is 0.864. The Labute approximate surface area is 116 Å². The van der Waals surface area contributed by atoms with Crippen LogP contribution in [0.5, 0.6) is 0 Å². The first-order chi connectivity index (χ1) is 9.78. The van der Waals surface area contributed by atoms with Crippen molar-refractivity contribution in [3.05, 3.63) is 18.5 Å². The number of nitrogens with zero attached hydrogens (tertiary/aromatic N) is 6. The fourth-order valence-corrected chi connectivity index (χ4v) is 2.11. The van der Waals surface area contributed by atoms with Crippen LogP contribution >= 0.6 is 0 Å². The third-order valence-corrected chi connectivity index (χ3v) is 3.17. The van der Waals surface area contributed by atoms with Crippen LogP contribution in [0.15, 0.2) is 18.5 Å². The molecule has 0 radical (unpaired) electrons. The number of morpholine rings is 1. The van der Waals surface area contributed by atoms with Gasteiger partial charge in [-0.1, -0.05) is 0 Å². The molecule has 3 rings (SSSR count). The fourth-order valence-electron chi connectivity index (χ4n) is 2.11. The summed E-state index contributed by atoms with van der Waals surface area (Å²) >= 11 is 0. The first kappa shape index (κ1) is 12.8. The van der Waals surface area contributed by atoms with E-state index < -0.39 is 0 Å². The third kappa shape index (κ3) is 2.42. The van der Waals surface area contributed by atoms with Crippen molar-refractivity contribution in [3.8, 4) is 5.95 Å². The van der Waals surface area contributed by atoms with Gasteiger partial charge in [0.25, 0.3) is 5.95 Å². The number of rotatable bonds is 3. The molecule has 2 aromatic heterocycles. The average molecular weight is 275 g/mol. The van der Waals surface area contributed by atoms with Gasteiger partial charge in [-0.3, -0.25) is 0 Å². The smallest absolute Gasteiger partial charge is 0.257 e. The molecular formula is C12H17N7O. The second-order valence-corrected chi connectivity index (χ2v) is 4.58. The molecule has 1 atom stereocenters. The van der Waals surface area contributed by atoms with Gasteiger partial charge in [-0.15, -0.1) is 0 Å². The Morgan fingerprint density at radius 2 is 2.15 bits per heavy atom. The number of hydrogen-bond acceptors (Lipinski definition) is 7. The van der Waals surface area contributed by atoms with Crippen LogP contribution in [0, 0.1) is 0 Å². The molecule has 0 aromatic carbocycles. The lowest BCUT2D eigenvalue weighted by Gasteiger charge is -2.33. The van der Waals surface area contributed by atoms with Gasteiger partial charge < -0.3 is 15.0 Å². The highest BCUT2D eigenvalue weighted by Gasteiger charge is 2.23. The molecule has 1 aliphatic heterocycles. The molecule has 106 valence electrons. The number of ether oxygens (including phenoxy) is 1. The Morgan fingerprint density at radius 3 is 2.85 bits per heavy atom. The summed E-state index contributed by atoms with van der Waals surface area (Å²) in [4.78, 5) is 15.4. The molecule has 0 amide bonds. The number of aromatic nitrogens is 5. The van der Waals surface area contributed by atoms with Gasteiger partial charge in [0.2, 0.25) is 11.9 Å². The highest BCUT2D eigenvalue weighted by atomic mass is 16.5. The Hall–Kier alpha value is -2.22. The molecule has 3 heterocycles. The first-order valence-electron chi connectivity index (χ1n) is 6.56. The van der Waals surface area contributed by atoms with Gasteiger partial charge in [0.1, 0.15) is 0 Å². The zero-order valence-corrected chi connectivity index (χ0v) is 11.5. The van der Waals surface area contributed by atoms with Crippen molar-refractivity contribution < 1.29 is 4.74 Å². The third-order valence-electron chi connectivity index (χ3n) is 3.17. The minimum Gasteiger partial charge on any atom is -0.377 e. The molecule has 1 fully saturated rings. The Morgan fingerprint density at radius 1 is 1.30 bits per heavy atom. The fraction of sp³-hybridized carbons (Fsp3) is 0.500. The van der Waals surface area contributed by atoms with Crippen molar-refractivity contribution >= 4 is 11.9 Å². The van der Waals surface area contributed by atoms with Gasteiger partial charge >= 0.3 is 0 Å². The van der Waals surface area contributed by atoms with Crippen LogP contribution in [-0.4, -0.2) is 57.6 Å². The average Bonchev–Trinajstić information content (AvgIpc) is 3.01. The predicted octanol–water partition coefficient (Wildman–Crippen LogP) is 0.324. The summed E-state index contributed by atoms with van der Waals surface area (Å²) in [6.45, 7) is 4.22. The summed E-state index contributed by atoms with van der Waals surface area (Å²) in [5.74, 6) is 1.67. The lowest BCUT2D eigenvalue weighted by molar-refractivity contribution is 0.0980.